The highest BCUT2D eigenvalue weighted by molar-refractivity contribution is 9.11. The van der Waals surface area contributed by atoms with E-state index < -0.39 is 22.6 Å². The summed E-state index contributed by atoms with van der Waals surface area (Å²) in [5, 5.41) is 0. The number of hydrogen-bond acceptors (Lipinski definition) is 7. The predicted octanol–water partition coefficient (Wildman–Crippen LogP) is 4.12. The van der Waals surface area contributed by atoms with E-state index in [0.717, 1.165) is 29.5 Å². The summed E-state index contributed by atoms with van der Waals surface area (Å²) in [5.41, 5.74) is 0.0457. The van der Waals surface area contributed by atoms with E-state index in [-0.39, 0.29) is 22.0 Å². The monoisotopic (exact) mass is 515 g/mol. The molecule has 1 aliphatic heterocycles. The van der Waals surface area contributed by atoms with Gasteiger partial charge >= 0.3 is 5.97 Å². The molecule has 0 amide bonds. The summed E-state index contributed by atoms with van der Waals surface area (Å²) in [7, 11) is -2.44. The highest BCUT2D eigenvalue weighted by atomic mass is 79.9. The molecular weight excluding hydrogens is 494 g/mol. The van der Waals surface area contributed by atoms with Gasteiger partial charge in [-0.3, -0.25) is 4.79 Å². The molecule has 7 nitrogen and oxygen atoms in total. The maximum absolute atomic E-state index is 13.2. The Morgan fingerprint density at radius 2 is 1.80 bits per heavy atom. The summed E-state index contributed by atoms with van der Waals surface area (Å²) in [6.45, 7) is 0.447. The SMILES string of the molecule is COc1ccc(C(=O)OCC(=O)c2ccc(Br)s2)cc1S(=O)(=O)N1CCCCCC1. The number of sulfonamides is 1. The van der Waals surface area contributed by atoms with E-state index in [0.29, 0.717) is 18.0 Å². The molecule has 2 heterocycles. The van der Waals surface area contributed by atoms with Crippen molar-refractivity contribution in [3.05, 3.63) is 44.6 Å². The van der Waals surface area contributed by atoms with Gasteiger partial charge in [-0.1, -0.05) is 12.8 Å². The molecule has 0 spiro atoms. The molecular formula is C20H22BrNO6S2. The number of halogens is 1. The summed E-state index contributed by atoms with van der Waals surface area (Å²) < 4.78 is 39.0. The Morgan fingerprint density at radius 1 is 1.10 bits per heavy atom. The van der Waals surface area contributed by atoms with Crippen LogP contribution in [0.25, 0.3) is 0 Å². The number of ketones is 1. The first-order chi connectivity index (χ1) is 14.3. The van der Waals surface area contributed by atoms with Crippen LogP contribution in [0.5, 0.6) is 5.75 Å². The van der Waals surface area contributed by atoms with E-state index in [2.05, 4.69) is 15.9 Å². The van der Waals surface area contributed by atoms with Crippen LogP contribution in [0.3, 0.4) is 0 Å². The quantitative estimate of drug-likeness (QED) is 0.406. The Labute approximate surface area is 188 Å². The second kappa shape index (κ2) is 10.0. The third-order valence-corrected chi connectivity index (χ3v) is 8.35. The average molecular weight is 516 g/mol. The van der Waals surface area contributed by atoms with Gasteiger partial charge in [-0.05, 0) is 59.1 Å². The lowest BCUT2D eigenvalue weighted by atomic mass is 10.2. The van der Waals surface area contributed by atoms with Gasteiger partial charge in [0.05, 0.1) is 21.3 Å². The maximum atomic E-state index is 13.2. The van der Waals surface area contributed by atoms with Crippen molar-refractivity contribution in [3.63, 3.8) is 0 Å². The number of methoxy groups -OCH3 is 1. The number of rotatable bonds is 7. The number of carbonyl (C=O) groups excluding carboxylic acids is 2. The first kappa shape index (κ1) is 22.9. The van der Waals surface area contributed by atoms with Crippen molar-refractivity contribution < 1.29 is 27.5 Å². The largest absolute Gasteiger partial charge is 0.495 e. The van der Waals surface area contributed by atoms with Crippen molar-refractivity contribution in [1.29, 1.82) is 0 Å². The van der Waals surface area contributed by atoms with Gasteiger partial charge in [0.2, 0.25) is 15.8 Å². The number of Topliss-reactive ketones (excluding diaryl/α,β-unsaturated/α-hetero) is 1. The highest BCUT2D eigenvalue weighted by Gasteiger charge is 2.29. The van der Waals surface area contributed by atoms with Crippen molar-refractivity contribution in [2.45, 2.75) is 30.6 Å². The minimum atomic E-state index is -3.83. The lowest BCUT2D eigenvalue weighted by Gasteiger charge is -2.21. The van der Waals surface area contributed by atoms with Crippen LogP contribution in [0.1, 0.15) is 45.7 Å². The molecule has 1 aromatic carbocycles. The zero-order valence-electron chi connectivity index (χ0n) is 16.4. The smallest absolute Gasteiger partial charge is 0.338 e. The number of hydrogen-bond donors (Lipinski definition) is 0. The normalized spacial score (nSPS) is 15.4. The van der Waals surface area contributed by atoms with Crippen molar-refractivity contribution in [2.24, 2.45) is 0 Å². The third kappa shape index (κ3) is 5.29. The minimum Gasteiger partial charge on any atom is -0.495 e. The molecule has 162 valence electrons. The van der Waals surface area contributed by atoms with Crippen molar-refractivity contribution in [2.75, 3.05) is 26.8 Å². The van der Waals surface area contributed by atoms with Crippen LogP contribution < -0.4 is 4.74 Å². The van der Waals surface area contributed by atoms with Crippen LogP contribution in [0.15, 0.2) is 39.0 Å². The molecule has 30 heavy (non-hydrogen) atoms. The Kier molecular flexibility index (Phi) is 7.67. The lowest BCUT2D eigenvalue weighted by molar-refractivity contribution is 0.0475. The Hall–Kier alpha value is -1.75. The maximum Gasteiger partial charge on any atom is 0.338 e. The van der Waals surface area contributed by atoms with Gasteiger partial charge in [0.15, 0.2) is 6.61 Å². The molecule has 0 N–H and O–H groups in total. The molecule has 0 saturated carbocycles. The predicted molar refractivity (Wildman–Crippen MR) is 117 cm³/mol. The molecule has 1 aromatic heterocycles. The number of thiophene rings is 1. The van der Waals surface area contributed by atoms with Crippen molar-refractivity contribution in [3.8, 4) is 5.75 Å². The summed E-state index contributed by atoms with van der Waals surface area (Å²) in [5.74, 6) is -0.936. The van der Waals surface area contributed by atoms with Gasteiger partial charge in [0.25, 0.3) is 0 Å². The molecule has 10 heteroatoms. The lowest BCUT2D eigenvalue weighted by Crippen LogP contribution is -2.32. The number of benzene rings is 1. The van der Waals surface area contributed by atoms with Crippen LogP contribution in [-0.4, -0.2) is 51.3 Å². The molecule has 0 aliphatic carbocycles. The van der Waals surface area contributed by atoms with Gasteiger partial charge in [-0.15, -0.1) is 11.3 Å². The average Bonchev–Trinajstić information content (AvgIpc) is 3.00. The van der Waals surface area contributed by atoms with Crippen LogP contribution >= 0.6 is 27.3 Å². The van der Waals surface area contributed by atoms with E-state index in [1.807, 2.05) is 0 Å². The fourth-order valence-corrected chi connectivity index (χ4v) is 6.19. The Balaban J connectivity index is 1.79. The second-order valence-corrected chi connectivity index (χ2v) is 11.2. The molecule has 1 aliphatic rings. The number of ether oxygens (including phenoxy) is 2. The molecule has 0 unspecified atom stereocenters. The van der Waals surface area contributed by atoms with Gasteiger partial charge in [-0.2, -0.15) is 4.31 Å². The van der Waals surface area contributed by atoms with E-state index in [4.69, 9.17) is 9.47 Å². The standard InChI is InChI=1S/C20H22BrNO6S2/c1-27-16-7-6-14(20(24)28-13-15(23)17-8-9-19(21)29-17)12-18(16)30(25,26)22-10-4-2-3-5-11-22/h6-9,12H,2-5,10-11,13H2,1H3. The van der Waals surface area contributed by atoms with Crippen LogP contribution in [-0.2, 0) is 14.8 Å². The zero-order chi connectivity index (χ0) is 21.7. The fraction of sp³-hybridized carbons (Fsp3) is 0.400. The number of carbonyl (C=O) groups is 2. The topological polar surface area (TPSA) is 90.0 Å². The van der Waals surface area contributed by atoms with Crippen LogP contribution in [0.4, 0.5) is 0 Å². The Morgan fingerprint density at radius 3 is 2.40 bits per heavy atom. The number of esters is 1. The van der Waals surface area contributed by atoms with Crippen molar-refractivity contribution in [1.82, 2.24) is 4.31 Å². The summed E-state index contributed by atoms with van der Waals surface area (Å²) in [4.78, 5) is 25.0. The number of nitrogens with zero attached hydrogens (tertiary/aromatic N) is 1. The van der Waals surface area contributed by atoms with Gasteiger partial charge < -0.3 is 9.47 Å². The summed E-state index contributed by atoms with van der Waals surface area (Å²) >= 11 is 4.53. The molecule has 3 rings (SSSR count). The van der Waals surface area contributed by atoms with Gasteiger partial charge in [0, 0.05) is 13.1 Å². The van der Waals surface area contributed by atoms with Crippen LogP contribution in [0, 0.1) is 0 Å². The van der Waals surface area contributed by atoms with Gasteiger partial charge in [-0.25, -0.2) is 13.2 Å². The fourth-order valence-electron chi connectivity index (χ4n) is 3.18. The van der Waals surface area contributed by atoms with E-state index in [1.54, 1.807) is 12.1 Å². The van der Waals surface area contributed by atoms with E-state index in [1.165, 1.54) is 41.0 Å². The molecule has 0 bridgehead atoms. The molecule has 1 fully saturated rings. The van der Waals surface area contributed by atoms with E-state index in [9.17, 15) is 18.0 Å². The van der Waals surface area contributed by atoms with Gasteiger partial charge in [0.1, 0.15) is 10.6 Å². The third-order valence-electron chi connectivity index (χ3n) is 4.76. The summed E-state index contributed by atoms with van der Waals surface area (Å²) in [6.07, 6.45) is 3.57. The van der Waals surface area contributed by atoms with Crippen LogP contribution in [0.2, 0.25) is 0 Å². The van der Waals surface area contributed by atoms with E-state index >= 15 is 0 Å². The minimum absolute atomic E-state index is 0.0457. The molecule has 0 atom stereocenters. The Bertz CT molecular complexity index is 1030. The molecule has 0 radical (unpaired) electrons. The second-order valence-electron chi connectivity index (χ2n) is 6.79. The summed E-state index contributed by atoms with van der Waals surface area (Å²) in [6, 6.07) is 7.50. The molecule has 2 aromatic rings. The first-order valence-electron chi connectivity index (χ1n) is 9.47. The highest BCUT2D eigenvalue weighted by Crippen LogP contribution is 2.30. The zero-order valence-corrected chi connectivity index (χ0v) is 19.6. The van der Waals surface area contributed by atoms with Crippen molar-refractivity contribution >= 4 is 49.0 Å². The first-order valence-corrected chi connectivity index (χ1v) is 12.5. The molecule has 1 saturated heterocycles.